The molecule has 0 bridgehead atoms. The Hall–Kier alpha value is -2.30. The minimum Gasteiger partial charge on any atom is -0.399 e. The van der Waals surface area contributed by atoms with Crippen LogP contribution in [0.4, 0.5) is 25.8 Å². The third-order valence-electron chi connectivity index (χ3n) is 3.74. The van der Waals surface area contributed by atoms with Crippen LogP contribution >= 0.6 is 0 Å². The lowest BCUT2D eigenvalue weighted by Gasteiger charge is -2.37. The summed E-state index contributed by atoms with van der Waals surface area (Å²) in [7, 11) is 0. The monoisotopic (exact) mass is 289 g/mol. The number of anilines is 3. The summed E-state index contributed by atoms with van der Waals surface area (Å²) in [6.07, 6.45) is 0. The van der Waals surface area contributed by atoms with Crippen molar-refractivity contribution in [2.24, 2.45) is 0 Å². The minimum absolute atomic E-state index is 0.229. The predicted molar refractivity (Wildman–Crippen MR) is 81.6 cm³/mol. The smallest absolute Gasteiger partial charge is 0.127 e. The Morgan fingerprint density at radius 3 is 1.86 bits per heavy atom. The van der Waals surface area contributed by atoms with E-state index in [1.165, 1.54) is 24.3 Å². The van der Waals surface area contributed by atoms with Gasteiger partial charge >= 0.3 is 0 Å². The van der Waals surface area contributed by atoms with Crippen LogP contribution in [0.15, 0.2) is 42.5 Å². The first-order chi connectivity index (χ1) is 10.1. The van der Waals surface area contributed by atoms with E-state index < -0.39 is 0 Å². The Morgan fingerprint density at radius 2 is 1.29 bits per heavy atom. The number of benzene rings is 2. The van der Waals surface area contributed by atoms with Crippen LogP contribution in [0.5, 0.6) is 0 Å². The van der Waals surface area contributed by atoms with Crippen molar-refractivity contribution >= 4 is 17.1 Å². The van der Waals surface area contributed by atoms with Gasteiger partial charge in [-0.1, -0.05) is 0 Å². The van der Waals surface area contributed by atoms with Crippen LogP contribution in [0.1, 0.15) is 0 Å². The number of nitrogen functional groups attached to an aromatic ring is 1. The molecule has 0 saturated carbocycles. The maximum absolute atomic E-state index is 13.4. The topological polar surface area (TPSA) is 32.5 Å². The largest absolute Gasteiger partial charge is 0.399 e. The van der Waals surface area contributed by atoms with Gasteiger partial charge in [0.2, 0.25) is 0 Å². The average Bonchev–Trinajstić information content (AvgIpc) is 2.47. The van der Waals surface area contributed by atoms with Crippen molar-refractivity contribution < 1.29 is 8.78 Å². The van der Waals surface area contributed by atoms with Gasteiger partial charge in [0.05, 0.1) is 0 Å². The first-order valence-electron chi connectivity index (χ1n) is 6.93. The van der Waals surface area contributed by atoms with Crippen molar-refractivity contribution in [3.05, 3.63) is 54.1 Å². The molecule has 2 N–H and O–H groups in total. The lowest BCUT2D eigenvalue weighted by Crippen LogP contribution is -2.46. The molecular formula is C16H17F2N3. The van der Waals surface area contributed by atoms with Crippen LogP contribution in [0.3, 0.4) is 0 Å². The van der Waals surface area contributed by atoms with Gasteiger partial charge < -0.3 is 15.5 Å². The van der Waals surface area contributed by atoms with Crippen molar-refractivity contribution in [1.82, 2.24) is 0 Å². The Labute approximate surface area is 122 Å². The number of nitrogens with zero attached hydrogens (tertiary/aromatic N) is 2. The van der Waals surface area contributed by atoms with E-state index >= 15 is 0 Å². The van der Waals surface area contributed by atoms with E-state index in [0.717, 1.165) is 37.6 Å². The van der Waals surface area contributed by atoms with E-state index in [1.807, 2.05) is 0 Å². The second kappa shape index (κ2) is 5.60. The lowest BCUT2D eigenvalue weighted by molar-refractivity contribution is 0.619. The molecule has 21 heavy (non-hydrogen) atoms. The summed E-state index contributed by atoms with van der Waals surface area (Å²) in [6, 6.07) is 11.1. The van der Waals surface area contributed by atoms with E-state index in [2.05, 4.69) is 9.80 Å². The normalized spacial score (nSPS) is 15.3. The second-order valence-corrected chi connectivity index (χ2v) is 5.19. The molecule has 1 saturated heterocycles. The maximum Gasteiger partial charge on any atom is 0.127 e. The first kappa shape index (κ1) is 13.7. The molecule has 0 aliphatic carbocycles. The van der Waals surface area contributed by atoms with Crippen molar-refractivity contribution in [3.8, 4) is 0 Å². The van der Waals surface area contributed by atoms with Gasteiger partial charge in [0.15, 0.2) is 0 Å². The molecule has 3 rings (SSSR count). The van der Waals surface area contributed by atoms with Gasteiger partial charge in [0.1, 0.15) is 11.6 Å². The summed E-state index contributed by atoms with van der Waals surface area (Å²) in [5.41, 5.74) is 7.94. The van der Waals surface area contributed by atoms with Crippen molar-refractivity contribution in [2.75, 3.05) is 41.7 Å². The molecular weight excluding hydrogens is 272 g/mol. The van der Waals surface area contributed by atoms with Gasteiger partial charge in [-0.25, -0.2) is 8.78 Å². The molecule has 0 spiro atoms. The molecule has 3 nitrogen and oxygen atoms in total. The molecule has 0 radical (unpaired) electrons. The lowest BCUT2D eigenvalue weighted by atomic mass is 10.2. The highest BCUT2D eigenvalue weighted by atomic mass is 19.1. The summed E-state index contributed by atoms with van der Waals surface area (Å²) >= 11 is 0. The predicted octanol–water partition coefficient (Wildman–Crippen LogP) is 2.87. The number of hydrogen-bond donors (Lipinski definition) is 1. The van der Waals surface area contributed by atoms with Gasteiger partial charge in [-0.05, 0) is 42.5 Å². The fraction of sp³-hybridized carbons (Fsp3) is 0.250. The standard InChI is InChI=1S/C16H17F2N3/c17-12-1-3-15(4-2-12)20-5-7-21(8-6-20)16-10-13(18)9-14(19)11-16/h1-4,9-11H,5-8,19H2. The fourth-order valence-corrected chi connectivity index (χ4v) is 2.65. The summed E-state index contributed by atoms with van der Waals surface area (Å²) in [4.78, 5) is 4.30. The third kappa shape index (κ3) is 3.07. The van der Waals surface area contributed by atoms with Crippen LogP contribution in [0.25, 0.3) is 0 Å². The molecule has 2 aromatic carbocycles. The van der Waals surface area contributed by atoms with Crippen molar-refractivity contribution in [3.63, 3.8) is 0 Å². The molecule has 0 unspecified atom stereocenters. The number of nitrogens with two attached hydrogens (primary N) is 1. The fourth-order valence-electron chi connectivity index (χ4n) is 2.65. The Kier molecular flexibility index (Phi) is 3.64. The SMILES string of the molecule is Nc1cc(F)cc(N2CCN(c3ccc(F)cc3)CC2)c1. The second-order valence-electron chi connectivity index (χ2n) is 5.19. The Morgan fingerprint density at radius 1 is 0.714 bits per heavy atom. The molecule has 2 aromatic rings. The van der Waals surface area contributed by atoms with E-state index in [0.29, 0.717) is 5.69 Å². The summed E-state index contributed by atoms with van der Waals surface area (Å²) in [5.74, 6) is -0.543. The van der Waals surface area contributed by atoms with Crippen LogP contribution in [0, 0.1) is 11.6 Å². The molecule has 0 amide bonds. The van der Waals surface area contributed by atoms with Crippen molar-refractivity contribution in [1.29, 1.82) is 0 Å². The Balaban J connectivity index is 1.68. The van der Waals surface area contributed by atoms with E-state index in [4.69, 9.17) is 5.73 Å². The van der Waals surface area contributed by atoms with Crippen LogP contribution in [0.2, 0.25) is 0 Å². The molecule has 1 heterocycles. The highest BCUT2D eigenvalue weighted by Crippen LogP contribution is 2.23. The van der Waals surface area contributed by atoms with Gasteiger partial charge in [-0.15, -0.1) is 0 Å². The summed E-state index contributed by atoms with van der Waals surface area (Å²) < 4.78 is 26.3. The number of halogens is 2. The zero-order chi connectivity index (χ0) is 14.8. The van der Waals surface area contributed by atoms with Crippen LogP contribution < -0.4 is 15.5 Å². The van der Waals surface area contributed by atoms with Crippen LogP contribution in [-0.4, -0.2) is 26.2 Å². The van der Waals surface area contributed by atoms with Gasteiger partial charge in [0, 0.05) is 43.2 Å². The van der Waals surface area contributed by atoms with Crippen LogP contribution in [-0.2, 0) is 0 Å². The molecule has 0 atom stereocenters. The van der Waals surface area contributed by atoms with E-state index in [1.54, 1.807) is 18.2 Å². The zero-order valence-electron chi connectivity index (χ0n) is 11.6. The molecule has 1 aliphatic rings. The van der Waals surface area contributed by atoms with Gasteiger partial charge in [-0.2, -0.15) is 0 Å². The van der Waals surface area contributed by atoms with Gasteiger partial charge in [0.25, 0.3) is 0 Å². The van der Waals surface area contributed by atoms with E-state index in [9.17, 15) is 8.78 Å². The summed E-state index contributed by atoms with van der Waals surface area (Å²) in [6.45, 7) is 3.17. The molecule has 5 heteroatoms. The molecule has 1 fully saturated rings. The minimum atomic E-state index is -0.314. The highest BCUT2D eigenvalue weighted by molar-refractivity contribution is 5.58. The van der Waals surface area contributed by atoms with E-state index in [-0.39, 0.29) is 11.6 Å². The summed E-state index contributed by atoms with van der Waals surface area (Å²) in [5, 5.41) is 0. The number of rotatable bonds is 2. The zero-order valence-corrected chi connectivity index (χ0v) is 11.6. The maximum atomic E-state index is 13.4. The molecule has 0 aromatic heterocycles. The van der Waals surface area contributed by atoms with Gasteiger partial charge in [-0.3, -0.25) is 0 Å². The third-order valence-corrected chi connectivity index (χ3v) is 3.74. The highest BCUT2D eigenvalue weighted by Gasteiger charge is 2.18. The molecule has 1 aliphatic heterocycles. The molecule has 110 valence electrons. The number of hydrogen-bond acceptors (Lipinski definition) is 3. The quantitative estimate of drug-likeness (QED) is 0.863. The Bertz CT molecular complexity index is 600. The van der Waals surface area contributed by atoms with Crippen molar-refractivity contribution in [2.45, 2.75) is 0 Å². The number of piperazine rings is 1. The average molecular weight is 289 g/mol. The first-order valence-corrected chi connectivity index (χ1v) is 6.93.